The van der Waals surface area contributed by atoms with Gasteiger partial charge in [-0.25, -0.2) is 0 Å². The first-order chi connectivity index (χ1) is 8.79. The molecule has 0 aliphatic rings. The van der Waals surface area contributed by atoms with Crippen LogP contribution >= 0.6 is 0 Å². The summed E-state index contributed by atoms with van der Waals surface area (Å²) in [5, 5.41) is 8.73. The van der Waals surface area contributed by atoms with Crippen LogP contribution < -0.4 is 4.90 Å². The highest BCUT2D eigenvalue weighted by Gasteiger charge is 2.34. The third kappa shape index (κ3) is 3.88. The molecule has 0 spiro atoms. The molecule has 0 fully saturated rings. The zero-order valence-corrected chi connectivity index (χ0v) is 11.3. The van der Waals surface area contributed by atoms with E-state index in [2.05, 4.69) is 0 Å². The Labute approximate surface area is 111 Å². The van der Waals surface area contributed by atoms with E-state index in [0.29, 0.717) is 18.2 Å². The van der Waals surface area contributed by atoms with Crippen molar-refractivity contribution in [3.05, 3.63) is 29.3 Å². The molecule has 0 amide bonds. The molecule has 0 saturated carbocycles. The van der Waals surface area contributed by atoms with E-state index in [9.17, 15) is 13.2 Å². The van der Waals surface area contributed by atoms with Crippen molar-refractivity contribution in [2.45, 2.75) is 26.4 Å². The number of hydrogen-bond acceptors (Lipinski definition) is 2. The number of benzene rings is 1. The molecule has 1 atom stereocenters. The summed E-state index contributed by atoms with van der Waals surface area (Å²) < 4.78 is 38.5. The summed E-state index contributed by atoms with van der Waals surface area (Å²) in [4.78, 5) is 1.78. The molecule has 19 heavy (non-hydrogen) atoms. The van der Waals surface area contributed by atoms with Gasteiger partial charge in [0.05, 0.1) is 17.2 Å². The summed E-state index contributed by atoms with van der Waals surface area (Å²) in [7, 11) is 1.76. The van der Waals surface area contributed by atoms with Gasteiger partial charge in [0.1, 0.15) is 0 Å². The normalized spacial score (nSPS) is 12.9. The summed E-state index contributed by atoms with van der Waals surface area (Å²) in [5.74, 6) is 0.398. The average molecular weight is 270 g/mol. The lowest BCUT2D eigenvalue weighted by Crippen LogP contribution is -2.24. The zero-order valence-electron chi connectivity index (χ0n) is 11.3. The second kappa shape index (κ2) is 5.96. The topological polar surface area (TPSA) is 27.0 Å². The molecule has 0 bridgehead atoms. The van der Waals surface area contributed by atoms with E-state index in [1.54, 1.807) is 24.1 Å². The van der Waals surface area contributed by atoms with Crippen LogP contribution in [0.2, 0.25) is 0 Å². The van der Waals surface area contributed by atoms with E-state index in [0.717, 1.165) is 12.5 Å². The Morgan fingerprint density at radius 3 is 2.47 bits per heavy atom. The average Bonchev–Trinajstić information content (AvgIpc) is 2.36. The first kappa shape index (κ1) is 15.4. The maximum Gasteiger partial charge on any atom is 0.417 e. The van der Waals surface area contributed by atoms with Crippen molar-refractivity contribution in [1.29, 1.82) is 5.26 Å². The zero-order chi connectivity index (χ0) is 14.6. The van der Waals surface area contributed by atoms with Gasteiger partial charge in [0.25, 0.3) is 0 Å². The molecular formula is C14H17F3N2. The van der Waals surface area contributed by atoms with Gasteiger partial charge in [-0.1, -0.05) is 20.3 Å². The first-order valence-electron chi connectivity index (χ1n) is 6.12. The number of halogens is 3. The minimum atomic E-state index is -4.50. The van der Waals surface area contributed by atoms with Crippen molar-refractivity contribution in [3.63, 3.8) is 0 Å². The molecule has 0 saturated heterocycles. The third-order valence-electron chi connectivity index (χ3n) is 3.15. The van der Waals surface area contributed by atoms with Crippen LogP contribution in [0.1, 0.15) is 31.4 Å². The molecule has 5 heteroatoms. The van der Waals surface area contributed by atoms with Gasteiger partial charge in [0, 0.05) is 19.3 Å². The van der Waals surface area contributed by atoms with Crippen LogP contribution in [0.3, 0.4) is 0 Å². The Morgan fingerprint density at radius 2 is 2.00 bits per heavy atom. The third-order valence-corrected chi connectivity index (χ3v) is 3.15. The number of nitrogens with zero attached hydrogens (tertiary/aromatic N) is 2. The Balaban J connectivity index is 3.09. The van der Waals surface area contributed by atoms with Crippen molar-refractivity contribution in [3.8, 4) is 6.07 Å². The lowest BCUT2D eigenvalue weighted by Gasteiger charge is -2.24. The molecule has 104 valence electrons. The highest BCUT2D eigenvalue weighted by Crippen LogP contribution is 2.34. The van der Waals surface area contributed by atoms with Crippen LogP contribution in [-0.2, 0) is 6.18 Å². The van der Waals surface area contributed by atoms with Crippen LogP contribution in [0.15, 0.2) is 18.2 Å². The van der Waals surface area contributed by atoms with E-state index in [4.69, 9.17) is 5.26 Å². The highest BCUT2D eigenvalue weighted by atomic mass is 19.4. The first-order valence-corrected chi connectivity index (χ1v) is 6.12. The number of alkyl halides is 3. The van der Waals surface area contributed by atoms with E-state index < -0.39 is 11.7 Å². The van der Waals surface area contributed by atoms with Crippen molar-refractivity contribution in [2.24, 2.45) is 5.92 Å². The van der Waals surface area contributed by atoms with Crippen molar-refractivity contribution in [1.82, 2.24) is 0 Å². The Kier molecular flexibility index (Phi) is 4.82. The summed E-state index contributed by atoms with van der Waals surface area (Å²) in [6.45, 7) is 4.77. The molecule has 0 aromatic heterocycles. The molecule has 1 unspecified atom stereocenters. The quantitative estimate of drug-likeness (QED) is 0.825. The SMILES string of the molecule is CCC(C)CN(C)c1ccc(C#N)c(C(F)(F)F)c1. The van der Waals surface area contributed by atoms with Crippen molar-refractivity contribution in [2.75, 3.05) is 18.5 Å². The van der Waals surface area contributed by atoms with Gasteiger partial charge < -0.3 is 4.90 Å². The van der Waals surface area contributed by atoms with Gasteiger partial charge in [-0.3, -0.25) is 0 Å². The Morgan fingerprint density at radius 1 is 1.37 bits per heavy atom. The van der Waals surface area contributed by atoms with Gasteiger partial charge in [0.2, 0.25) is 0 Å². The predicted octanol–water partition coefficient (Wildman–Crippen LogP) is 4.06. The second-order valence-corrected chi connectivity index (χ2v) is 4.73. The molecule has 0 N–H and O–H groups in total. The maximum absolute atomic E-state index is 12.8. The molecule has 1 aromatic rings. The van der Waals surface area contributed by atoms with Gasteiger partial charge in [-0.2, -0.15) is 18.4 Å². The molecule has 0 aliphatic heterocycles. The fourth-order valence-electron chi connectivity index (χ4n) is 1.80. The number of hydrogen-bond donors (Lipinski definition) is 0. The fourth-order valence-corrected chi connectivity index (χ4v) is 1.80. The van der Waals surface area contributed by atoms with Gasteiger partial charge >= 0.3 is 6.18 Å². The molecule has 0 aliphatic carbocycles. The molecule has 0 heterocycles. The summed E-state index contributed by atoms with van der Waals surface area (Å²) >= 11 is 0. The summed E-state index contributed by atoms with van der Waals surface area (Å²) in [6, 6.07) is 5.40. The molecule has 2 nitrogen and oxygen atoms in total. The lowest BCUT2D eigenvalue weighted by molar-refractivity contribution is -0.137. The molecule has 0 radical (unpaired) electrons. The lowest BCUT2D eigenvalue weighted by atomic mass is 10.1. The maximum atomic E-state index is 12.8. The Hall–Kier alpha value is -1.70. The summed E-state index contributed by atoms with van der Waals surface area (Å²) in [6.07, 6.45) is -3.54. The van der Waals surface area contributed by atoms with Crippen molar-refractivity contribution < 1.29 is 13.2 Å². The molecule has 1 rings (SSSR count). The highest BCUT2D eigenvalue weighted by molar-refractivity contribution is 5.54. The number of rotatable bonds is 4. The smallest absolute Gasteiger partial charge is 0.374 e. The van der Waals surface area contributed by atoms with Crippen molar-refractivity contribution >= 4 is 5.69 Å². The summed E-state index contributed by atoms with van der Waals surface area (Å²) in [5.41, 5.74) is -0.733. The van der Waals surface area contributed by atoms with Crippen LogP contribution in [0, 0.1) is 17.2 Å². The largest absolute Gasteiger partial charge is 0.417 e. The minimum absolute atomic E-state index is 0.340. The minimum Gasteiger partial charge on any atom is -0.374 e. The van der Waals surface area contributed by atoms with Crippen LogP contribution in [0.5, 0.6) is 0 Å². The van der Waals surface area contributed by atoms with Crippen LogP contribution in [-0.4, -0.2) is 13.6 Å². The standard InChI is InChI=1S/C14H17F3N2/c1-4-10(2)9-19(3)12-6-5-11(8-18)13(7-12)14(15,16)17/h5-7,10H,4,9H2,1-3H3. The van der Waals surface area contributed by atoms with Crippen LogP contribution in [0.25, 0.3) is 0 Å². The number of anilines is 1. The second-order valence-electron chi connectivity index (χ2n) is 4.73. The predicted molar refractivity (Wildman–Crippen MR) is 68.9 cm³/mol. The number of nitriles is 1. The monoisotopic (exact) mass is 270 g/mol. The van der Waals surface area contributed by atoms with Gasteiger partial charge in [-0.15, -0.1) is 0 Å². The molecular weight excluding hydrogens is 253 g/mol. The fraction of sp³-hybridized carbons (Fsp3) is 0.500. The van der Waals surface area contributed by atoms with Gasteiger partial charge in [0.15, 0.2) is 0 Å². The van der Waals surface area contributed by atoms with E-state index >= 15 is 0 Å². The Bertz CT molecular complexity index is 475. The van der Waals surface area contributed by atoms with Crippen LogP contribution in [0.4, 0.5) is 18.9 Å². The van der Waals surface area contributed by atoms with E-state index in [1.807, 2.05) is 13.8 Å². The van der Waals surface area contributed by atoms with E-state index in [-0.39, 0.29) is 5.56 Å². The molecule has 1 aromatic carbocycles. The van der Waals surface area contributed by atoms with Gasteiger partial charge in [-0.05, 0) is 24.1 Å². The van der Waals surface area contributed by atoms with E-state index in [1.165, 1.54) is 6.07 Å².